The van der Waals surface area contributed by atoms with Crippen molar-refractivity contribution in [1.82, 2.24) is 9.97 Å². The fourth-order valence-corrected chi connectivity index (χ4v) is 4.63. The largest absolute Gasteiger partial charge is 0.438 e. The maximum Gasteiger partial charge on any atom is 0.228 e. The van der Waals surface area contributed by atoms with Gasteiger partial charge in [0.15, 0.2) is 0 Å². The number of rotatable bonds is 4. The third kappa shape index (κ3) is 3.40. The topological polar surface area (TPSA) is 47.0 Å². The van der Waals surface area contributed by atoms with Crippen molar-refractivity contribution in [3.05, 3.63) is 120 Å². The molecule has 0 saturated carbocycles. The second kappa shape index (κ2) is 8.06. The second-order valence-corrected chi connectivity index (χ2v) is 8.27. The molecular weight excluding hydrogens is 406 g/mol. The Balaban J connectivity index is 1.54. The Morgan fingerprint density at radius 1 is 0.818 bits per heavy atom. The van der Waals surface area contributed by atoms with E-state index in [1.807, 2.05) is 18.2 Å². The van der Waals surface area contributed by atoms with E-state index < -0.39 is 0 Å². The number of aryl methyl sites for hydroxylation is 1. The van der Waals surface area contributed by atoms with E-state index in [-0.39, 0.29) is 5.92 Å². The normalized spacial score (nSPS) is 14.3. The number of anilines is 2. The van der Waals surface area contributed by atoms with Crippen molar-refractivity contribution in [2.24, 2.45) is 0 Å². The molecule has 1 N–H and O–H groups in total. The predicted octanol–water partition coefficient (Wildman–Crippen LogP) is 7.22. The molecule has 0 radical (unpaired) electrons. The van der Waals surface area contributed by atoms with Crippen molar-refractivity contribution in [2.45, 2.75) is 19.3 Å². The van der Waals surface area contributed by atoms with E-state index in [9.17, 15) is 0 Å². The number of ether oxygens (including phenoxy) is 1. The van der Waals surface area contributed by atoms with Gasteiger partial charge in [-0.1, -0.05) is 85.8 Å². The quantitative estimate of drug-likeness (QED) is 0.321. The van der Waals surface area contributed by atoms with Crippen LogP contribution in [-0.2, 0) is 6.42 Å². The summed E-state index contributed by atoms with van der Waals surface area (Å²) in [5.74, 6) is 2.17. The minimum atomic E-state index is -0.0480. The first-order valence-electron chi connectivity index (χ1n) is 11.3. The molecule has 1 atom stereocenters. The number of nitrogens with one attached hydrogen (secondary N) is 1. The Bertz CT molecular complexity index is 1450. The monoisotopic (exact) mass is 429 g/mol. The highest BCUT2D eigenvalue weighted by Crippen LogP contribution is 2.51. The minimum absolute atomic E-state index is 0.0480. The summed E-state index contributed by atoms with van der Waals surface area (Å²) >= 11 is 0. The van der Waals surface area contributed by atoms with Gasteiger partial charge in [-0.25, -0.2) is 9.97 Å². The highest BCUT2D eigenvalue weighted by atomic mass is 16.5. The van der Waals surface area contributed by atoms with Crippen molar-refractivity contribution in [1.29, 1.82) is 0 Å². The minimum Gasteiger partial charge on any atom is -0.438 e. The molecule has 0 saturated heterocycles. The van der Waals surface area contributed by atoms with E-state index in [2.05, 4.69) is 95.0 Å². The number of nitrogens with zero attached hydrogens (tertiary/aromatic N) is 2. The van der Waals surface area contributed by atoms with E-state index >= 15 is 0 Å². The molecule has 4 heteroatoms. The Kier molecular flexibility index (Phi) is 4.76. The molecule has 5 aromatic rings. The van der Waals surface area contributed by atoms with Crippen LogP contribution in [-0.4, -0.2) is 9.97 Å². The van der Waals surface area contributed by atoms with Crippen molar-refractivity contribution in [2.75, 3.05) is 5.32 Å². The van der Waals surface area contributed by atoms with Crippen molar-refractivity contribution >= 4 is 22.3 Å². The summed E-state index contributed by atoms with van der Waals surface area (Å²) in [5.41, 5.74) is 5.54. The molecule has 0 spiro atoms. The molecule has 4 aromatic carbocycles. The second-order valence-electron chi connectivity index (χ2n) is 8.27. The fourth-order valence-electron chi connectivity index (χ4n) is 4.63. The molecule has 4 nitrogen and oxygen atoms in total. The predicted molar refractivity (Wildman–Crippen MR) is 133 cm³/mol. The van der Waals surface area contributed by atoms with Gasteiger partial charge in [0.25, 0.3) is 0 Å². The molecule has 160 valence electrons. The van der Waals surface area contributed by atoms with Crippen LogP contribution in [0.2, 0.25) is 0 Å². The lowest BCUT2D eigenvalue weighted by molar-refractivity contribution is 0.438. The number of hydrogen-bond donors (Lipinski definition) is 1. The van der Waals surface area contributed by atoms with Crippen molar-refractivity contribution in [3.8, 4) is 11.6 Å². The first-order chi connectivity index (χ1) is 16.3. The van der Waals surface area contributed by atoms with Crippen LogP contribution in [0.15, 0.2) is 97.3 Å². The summed E-state index contributed by atoms with van der Waals surface area (Å²) in [7, 11) is 0. The van der Waals surface area contributed by atoms with E-state index in [1.54, 1.807) is 6.33 Å². The van der Waals surface area contributed by atoms with Gasteiger partial charge >= 0.3 is 0 Å². The molecule has 0 amide bonds. The van der Waals surface area contributed by atoms with Gasteiger partial charge in [0.2, 0.25) is 5.88 Å². The molecule has 6 rings (SSSR count). The number of benzene rings is 4. The Morgan fingerprint density at radius 2 is 1.61 bits per heavy atom. The maximum atomic E-state index is 6.47. The first-order valence-corrected chi connectivity index (χ1v) is 11.3. The molecule has 1 aliphatic rings. The molecule has 33 heavy (non-hydrogen) atoms. The van der Waals surface area contributed by atoms with Crippen LogP contribution in [0.25, 0.3) is 10.8 Å². The number of fused-ring (bicyclic) bond motifs is 4. The number of aromatic nitrogens is 2. The third-order valence-corrected chi connectivity index (χ3v) is 6.31. The summed E-state index contributed by atoms with van der Waals surface area (Å²) < 4.78 is 6.47. The van der Waals surface area contributed by atoms with Crippen LogP contribution in [0.5, 0.6) is 11.6 Å². The Morgan fingerprint density at radius 3 is 2.42 bits per heavy atom. The number of hydrogen-bond acceptors (Lipinski definition) is 4. The molecule has 0 aliphatic carbocycles. The Labute approximate surface area is 192 Å². The highest BCUT2D eigenvalue weighted by Gasteiger charge is 2.33. The molecule has 1 unspecified atom stereocenters. The smallest absolute Gasteiger partial charge is 0.228 e. The molecule has 1 aromatic heterocycles. The van der Waals surface area contributed by atoms with Gasteiger partial charge in [-0.3, -0.25) is 0 Å². The average Bonchev–Trinajstić information content (AvgIpc) is 2.88. The summed E-state index contributed by atoms with van der Waals surface area (Å²) in [4.78, 5) is 9.20. The van der Waals surface area contributed by atoms with Gasteiger partial charge < -0.3 is 10.1 Å². The van der Waals surface area contributed by atoms with Gasteiger partial charge in [-0.2, -0.15) is 0 Å². The zero-order valence-corrected chi connectivity index (χ0v) is 18.3. The van der Waals surface area contributed by atoms with Crippen LogP contribution >= 0.6 is 0 Å². The molecule has 1 aliphatic heterocycles. The van der Waals surface area contributed by atoms with Gasteiger partial charge in [0.1, 0.15) is 17.9 Å². The van der Waals surface area contributed by atoms with Gasteiger partial charge in [-0.15, -0.1) is 0 Å². The summed E-state index contributed by atoms with van der Waals surface area (Å²) in [6, 6.07) is 31.6. The molecule has 2 heterocycles. The van der Waals surface area contributed by atoms with Crippen LogP contribution < -0.4 is 10.1 Å². The van der Waals surface area contributed by atoms with Gasteiger partial charge in [0, 0.05) is 22.6 Å². The van der Waals surface area contributed by atoms with E-state index in [0.717, 1.165) is 45.6 Å². The lowest BCUT2D eigenvalue weighted by atomic mass is 9.82. The van der Waals surface area contributed by atoms with Crippen LogP contribution in [0.1, 0.15) is 35.1 Å². The van der Waals surface area contributed by atoms with Crippen molar-refractivity contribution in [3.63, 3.8) is 0 Å². The summed E-state index contributed by atoms with van der Waals surface area (Å²) in [5, 5.41) is 5.76. The fraction of sp³-hybridized carbons (Fsp3) is 0.103. The zero-order valence-electron chi connectivity index (χ0n) is 18.3. The average molecular weight is 430 g/mol. The van der Waals surface area contributed by atoms with E-state index in [1.165, 1.54) is 11.1 Å². The lowest BCUT2D eigenvalue weighted by Gasteiger charge is -2.30. The van der Waals surface area contributed by atoms with E-state index in [4.69, 9.17) is 4.74 Å². The van der Waals surface area contributed by atoms with Crippen LogP contribution in [0.4, 0.5) is 11.5 Å². The standard InChI is InChI=1S/C29H23N3O/c1-2-19-12-15-22(16-13-19)32-28-26-25(21-9-4-3-5-10-21)24-17-14-20-8-6-7-11-23(20)27(24)33-29(26)31-18-30-28/h3-18,25H,2H2,1H3,(H,30,31,32). The summed E-state index contributed by atoms with van der Waals surface area (Å²) in [6.45, 7) is 2.16. The molecular formula is C29H23N3O. The molecule has 0 bridgehead atoms. The zero-order chi connectivity index (χ0) is 22.2. The van der Waals surface area contributed by atoms with E-state index in [0.29, 0.717) is 5.88 Å². The van der Waals surface area contributed by atoms with Crippen molar-refractivity contribution < 1.29 is 4.74 Å². The van der Waals surface area contributed by atoms with Gasteiger partial charge in [0.05, 0.1) is 5.56 Å². The lowest BCUT2D eigenvalue weighted by Crippen LogP contribution is -2.16. The maximum absolute atomic E-state index is 6.47. The first kappa shape index (κ1) is 19.5. The highest BCUT2D eigenvalue weighted by molar-refractivity contribution is 5.91. The molecule has 0 fully saturated rings. The summed E-state index contributed by atoms with van der Waals surface area (Å²) in [6.07, 6.45) is 2.58. The van der Waals surface area contributed by atoms with Gasteiger partial charge in [-0.05, 0) is 35.1 Å². The van der Waals surface area contributed by atoms with Crippen LogP contribution in [0, 0.1) is 0 Å². The SMILES string of the molecule is CCc1ccc(Nc2ncnc3c2C(c2ccccc2)c2ccc4ccccc4c2O3)cc1. The Hall–Kier alpha value is -4.18. The van der Waals surface area contributed by atoms with Crippen LogP contribution in [0.3, 0.4) is 0 Å². The third-order valence-electron chi connectivity index (χ3n) is 6.31.